The van der Waals surface area contributed by atoms with Crippen LogP contribution in [0.4, 0.5) is 23.2 Å². The molecule has 2 aliphatic heterocycles. The molecule has 2 aliphatic rings. The molecule has 0 spiro atoms. The molecule has 1 aromatic heterocycles. The average Bonchev–Trinajstić information content (AvgIpc) is 3.00. The van der Waals surface area contributed by atoms with Crippen LogP contribution in [-0.2, 0) is 26.2 Å². The molecule has 2 fully saturated rings. The van der Waals surface area contributed by atoms with E-state index in [9.17, 15) is 26.4 Å². The lowest BCUT2D eigenvalue weighted by Crippen LogP contribution is -2.58. The normalized spacial score (nSPS) is 19.0. The first-order valence-electron chi connectivity index (χ1n) is 14.3. The van der Waals surface area contributed by atoms with E-state index in [4.69, 9.17) is 4.74 Å². The average molecular weight is 636 g/mol. The summed E-state index contributed by atoms with van der Waals surface area (Å²) in [6, 6.07) is 7.70. The van der Waals surface area contributed by atoms with Gasteiger partial charge in [0.25, 0.3) is 10.2 Å². The molecule has 2 atom stereocenters. The molecule has 1 amide bonds. The lowest BCUT2D eigenvalue weighted by molar-refractivity contribution is -0.116. The molecule has 2 N–H and O–H groups in total. The minimum atomic E-state index is -3.76. The molecule has 0 unspecified atom stereocenters. The van der Waals surface area contributed by atoms with Crippen LogP contribution in [0.2, 0.25) is 0 Å². The van der Waals surface area contributed by atoms with Gasteiger partial charge in [-0.2, -0.15) is 17.0 Å². The zero-order valence-corrected chi connectivity index (χ0v) is 24.6. The highest BCUT2D eigenvalue weighted by molar-refractivity contribution is 7.86. The van der Waals surface area contributed by atoms with Gasteiger partial charge in [0.1, 0.15) is 23.3 Å². The minimum absolute atomic E-state index is 0.0991. The van der Waals surface area contributed by atoms with Crippen molar-refractivity contribution in [3.8, 4) is 0 Å². The molecule has 236 valence electrons. The van der Waals surface area contributed by atoms with Gasteiger partial charge in [-0.05, 0) is 48.2 Å². The van der Waals surface area contributed by atoms with Crippen LogP contribution < -0.4 is 10.6 Å². The minimum Gasteiger partial charge on any atom is -0.379 e. The van der Waals surface area contributed by atoms with Gasteiger partial charge in [-0.15, -0.1) is 0 Å². The quantitative estimate of drug-likeness (QED) is 0.331. The lowest BCUT2D eigenvalue weighted by atomic mass is 9.88. The van der Waals surface area contributed by atoms with Crippen molar-refractivity contribution in [3.63, 3.8) is 0 Å². The summed E-state index contributed by atoms with van der Waals surface area (Å²) in [5.41, 5.74) is 0.881. The van der Waals surface area contributed by atoms with Crippen molar-refractivity contribution in [3.05, 3.63) is 94.8 Å². The Hall–Kier alpha value is -3.43. The second kappa shape index (κ2) is 14.1. The number of morpholine rings is 1. The molecule has 3 heterocycles. The van der Waals surface area contributed by atoms with E-state index >= 15 is 4.39 Å². The Kier molecular flexibility index (Phi) is 10.3. The smallest absolute Gasteiger partial charge is 0.282 e. The van der Waals surface area contributed by atoms with E-state index < -0.39 is 51.3 Å². The highest BCUT2D eigenvalue weighted by atomic mass is 32.2. The third kappa shape index (κ3) is 7.61. The largest absolute Gasteiger partial charge is 0.379 e. The SMILES string of the molecule is O=C(C[C@@H](c1ccc(F)cc1)c1cc(F)cc(F)c1)Nc1cncc(F)c1CC[C@H]1CNCCN1S(=O)(=O)N1CCOCC1. The zero-order chi connectivity index (χ0) is 31.3. The maximum absolute atomic E-state index is 15.1. The van der Waals surface area contributed by atoms with E-state index in [2.05, 4.69) is 15.6 Å². The molecule has 0 saturated carbocycles. The number of nitrogens with zero attached hydrogens (tertiary/aromatic N) is 3. The Morgan fingerprint density at radius 3 is 2.39 bits per heavy atom. The third-order valence-corrected chi connectivity index (χ3v) is 9.94. The van der Waals surface area contributed by atoms with Crippen LogP contribution >= 0.6 is 0 Å². The summed E-state index contributed by atoms with van der Waals surface area (Å²) in [5, 5.41) is 5.87. The fourth-order valence-electron chi connectivity index (χ4n) is 5.64. The first-order chi connectivity index (χ1) is 21.1. The summed E-state index contributed by atoms with van der Waals surface area (Å²) < 4.78 is 91.8. The van der Waals surface area contributed by atoms with E-state index in [0.717, 1.165) is 18.3 Å². The predicted molar refractivity (Wildman–Crippen MR) is 155 cm³/mol. The van der Waals surface area contributed by atoms with Gasteiger partial charge in [0, 0.05) is 62.7 Å². The van der Waals surface area contributed by atoms with Crippen molar-refractivity contribution in [1.82, 2.24) is 18.9 Å². The summed E-state index contributed by atoms with van der Waals surface area (Å²) in [7, 11) is -3.76. The predicted octanol–water partition coefficient (Wildman–Crippen LogP) is 3.58. The molecule has 5 rings (SSSR count). The highest BCUT2D eigenvalue weighted by Crippen LogP contribution is 2.31. The summed E-state index contributed by atoms with van der Waals surface area (Å²) in [5.74, 6) is -4.26. The second-order valence-electron chi connectivity index (χ2n) is 10.7. The number of amides is 1. The Morgan fingerprint density at radius 1 is 0.977 bits per heavy atom. The number of aromatic nitrogens is 1. The van der Waals surface area contributed by atoms with Crippen LogP contribution in [0.1, 0.15) is 35.4 Å². The van der Waals surface area contributed by atoms with Crippen LogP contribution in [0, 0.1) is 23.3 Å². The molecule has 2 aromatic carbocycles. The number of anilines is 1. The molecule has 0 radical (unpaired) electrons. The van der Waals surface area contributed by atoms with Gasteiger partial charge in [0.05, 0.1) is 31.3 Å². The maximum atomic E-state index is 15.1. The first kappa shape index (κ1) is 32.0. The number of pyridine rings is 1. The number of hydrogen-bond acceptors (Lipinski definition) is 6. The van der Waals surface area contributed by atoms with Crippen molar-refractivity contribution < 1.29 is 35.5 Å². The van der Waals surface area contributed by atoms with Crippen LogP contribution in [-0.4, -0.2) is 79.9 Å². The topological polar surface area (TPSA) is 104 Å². The number of benzene rings is 2. The molecule has 3 aromatic rings. The molecule has 0 bridgehead atoms. The molecule has 14 heteroatoms. The first-order valence-corrected chi connectivity index (χ1v) is 15.7. The Morgan fingerprint density at radius 2 is 1.68 bits per heavy atom. The molecular formula is C30H33F4N5O4S. The lowest BCUT2D eigenvalue weighted by Gasteiger charge is -2.39. The number of piperazine rings is 1. The maximum Gasteiger partial charge on any atom is 0.282 e. The monoisotopic (exact) mass is 635 g/mol. The van der Waals surface area contributed by atoms with Crippen molar-refractivity contribution in [2.24, 2.45) is 0 Å². The van der Waals surface area contributed by atoms with Gasteiger partial charge in [0.15, 0.2) is 0 Å². The van der Waals surface area contributed by atoms with Gasteiger partial charge < -0.3 is 15.4 Å². The van der Waals surface area contributed by atoms with Crippen molar-refractivity contribution >= 4 is 21.8 Å². The van der Waals surface area contributed by atoms with Crippen LogP contribution in [0.15, 0.2) is 54.9 Å². The fraction of sp³-hybridized carbons (Fsp3) is 0.400. The Balaban J connectivity index is 1.33. The number of rotatable bonds is 10. The standard InChI is InChI=1S/C30H33F4N5O4S/c31-22-3-1-20(2-4-22)27(21-13-23(32)15-24(33)14-21)16-30(40)37-29-19-36-18-28(34)26(29)6-5-25-17-35-7-8-39(25)44(41,42)38-9-11-43-12-10-38/h1-4,13-15,18-19,25,27,35H,5-12,16-17H2,(H,37,40)/t25-,27-/m0/s1. The van der Waals surface area contributed by atoms with Gasteiger partial charge in [-0.25, -0.2) is 17.6 Å². The van der Waals surface area contributed by atoms with Crippen molar-refractivity contribution in [1.29, 1.82) is 0 Å². The van der Waals surface area contributed by atoms with E-state index in [-0.39, 0.29) is 55.7 Å². The van der Waals surface area contributed by atoms with Crippen LogP contribution in [0.25, 0.3) is 0 Å². The van der Waals surface area contributed by atoms with Gasteiger partial charge in [-0.1, -0.05) is 12.1 Å². The highest BCUT2D eigenvalue weighted by Gasteiger charge is 2.37. The summed E-state index contributed by atoms with van der Waals surface area (Å²) >= 11 is 0. The molecule has 9 nitrogen and oxygen atoms in total. The third-order valence-electron chi connectivity index (χ3n) is 7.84. The number of ether oxygens (including phenoxy) is 1. The number of carbonyl (C=O) groups is 1. The number of nitrogens with one attached hydrogen (secondary N) is 2. The van der Waals surface area contributed by atoms with Gasteiger partial charge >= 0.3 is 0 Å². The number of carbonyl (C=O) groups excluding carboxylic acids is 1. The summed E-state index contributed by atoms with van der Waals surface area (Å²) in [6.07, 6.45) is 2.39. The Labute approximate surface area is 253 Å². The van der Waals surface area contributed by atoms with Crippen LogP contribution in [0.3, 0.4) is 0 Å². The van der Waals surface area contributed by atoms with E-state index in [1.54, 1.807) is 0 Å². The van der Waals surface area contributed by atoms with E-state index in [1.807, 2.05) is 0 Å². The van der Waals surface area contributed by atoms with Gasteiger partial charge in [-0.3, -0.25) is 9.78 Å². The zero-order valence-electron chi connectivity index (χ0n) is 23.8. The molecule has 2 saturated heterocycles. The summed E-state index contributed by atoms with van der Waals surface area (Å²) in [6.45, 7) is 2.27. The number of halogens is 4. The molecular weight excluding hydrogens is 602 g/mol. The molecule has 0 aliphatic carbocycles. The van der Waals surface area contributed by atoms with Crippen molar-refractivity contribution in [2.45, 2.75) is 31.2 Å². The Bertz CT molecular complexity index is 1550. The fourth-order valence-corrected chi connectivity index (χ4v) is 7.42. The van der Waals surface area contributed by atoms with Crippen molar-refractivity contribution in [2.75, 3.05) is 51.3 Å². The van der Waals surface area contributed by atoms with E-state index in [0.29, 0.717) is 37.9 Å². The molecule has 44 heavy (non-hydrogen) atoms. The van der Waals surface area contributed by atoms with Gasteiger partial charge in [0.2, 0.25) is 5.91 Å². The van der Waals surface area contributed by atoms with Crippen LogP contribution in [0.5, 0.6) is 0 Å². The number of hydrogen-bond donors (Lipinski definition) is 2. The summed E-state index contributed by atoms with van der Waals surface area (Å²) in [4.78, 5) is 17.2. The second-order valence-corrected chi connectivity index (χ2v) is 12.6. The van der Waals surface area contributed by atoms with E-state index in [1.165, 1.54) is 39.1 Å².